The van der Waals surface area contributed by atoms with Crippen molar-refractivity contribution in [2.45, 2.75) is 26.1 Å². The highest BCUT2D eigenvalue weighted by Crippen LogP contribution is 2.31. The van der Waals surface area contributed by atoms with Gasteiger partial charge in [-0.2, -0.15) is 13.2 Å². The Kier molecular flexibility index (Phi) is 3.06. The van der Waals surface area contributed by atoms with Crippen LogP contribution in [0.2, 0.25) is 0 Å². The Bertz CT molecular complexity index is 545. The highest BCUT2D eigenvalue weighted by atomic mass is 19.4. The molecular weight excluding hydrogens is 245 g/mol. The van der Waals surface area contributed by atoms with Gasteiger partial charge in [-0.15, -0.1) is 5.10 Å². The van der Waals surface area contributed by atoms with E-state index in [4.69, 9.17) is 0 Å². The van der Waals surface area contributed by atoms with Gasteiger partial charge in [-0.3, -0.25) is 0 Å². The lowest BCUT2D eigenvalue weighted by molar-refractivity contribution is -0.137. The fourth-order valence-corrected chi connectivity index (χ4v) is 1.57. The van der Waals surface area contributed by atoms with Crippen molar-refractivity contribution in [1.82, 2.24) is 20.2 Å². The maximum atomic E-state index is 12.6. The topological polar surface area (TPSA) is 43.6 Å². The number of aromatic nitrogens is 4. The van der Waals surface area contributed by atoms with Gasteiger partial charge in [0, 0.05) is 5.56 Å². The van der Waals surface area contributed by atoms with Crippen molar-refractivity contribution < 1.29 is 13.2 Å². The van der Waals surface area contributed by atoms with Gasteiger partial charge in [0.15, 0.2) is 5.82 Å². The van der Waals surface area contributed by atoms with Gasteiger partial charge in [0.05, 0.1) is 11.6 Å². The number of hydrogen-bond donors (Lipinski definition) is 0. The number of tetrazole rings is 1. The Hall–Kier alpha value is -1.92. The maximum Gasteiger partial charge on any atom is 0.416 e. The molecule has 0 bridgehead atoms. The average Bonchev–Trinajstić information content (AvgIpc) is 2.77. The predicted octanol–water partition coefficient (Wildman–Crippen LogP) is 2.94. The molecule has 0 radical (unpaired) electrons. The Balaban J connectivity index is 2.48. The minimum absolute atomic E-state index is 0.0236. The van der Waals surface area contributed by atoms with Crippen LogP contribution in [0.1, 0.15) is 25.5 Å². The van der Waals surface area contributed by atoms with Crippen molar-refractivity contribution in [2.75, 3.05) is 0 Å². The van der Waals surface area contributed by atoms with Gasteiger partial charge in [0.25, 0.3) is 0 Å². The SMILES string of the molecule is CC(C)n1nnnc1-c1cccc(C(F)(F)F)c1. The molecule has 2 rings (SSSR count). The predicted molar refractivity (Wildman–Crippen MR) is 58.6 cm³/mol. The van der Waals surface area contributed by atoms with Gasteiger partial charge in [-0.05, 0) is 36.4 Å². The molecule has 1 heterocycles. The fraction of sp³-hybridized carbons (Fsp3) is 0.364. The van der Waals surface area contributed by atoms with Crippen LogP contribution in [0.5, 0.6) is 0 Å². The van der Waals surface area contributed by atoms with E-state index in [1.807, 2.05) is 13.8 Å². The summed E-state index contributed by atoms with van der Waals surface area (Å²) in [6, 6.07) is 4.94. The summed E-state index contributed by atoms with van der Waals surface area (Å²) in [6.45, 7) is 3.71. The third-order valence-corrected chi connectivity index (χ3v) is 2.43. The van der Waals surface area contributed by atoms with Crippen molar-refractivity contribution in [2.24, 2.45) is 0 Å². The summed E-state index contributed by atoms with van der Waals surface area (Å²) in [6.07, 6.45) is -4.37. The molecule has 0 N–H and O–H groups in total. The van der Waals surface area contributed by atoms with E-state index in [1.165, 1.54) is 10.7 Å². The molecule has 7 heteroatoms. The smallest absolute Gasteiger partial charge is 0.223 e. The van der Waals surface area contributed by atoms with Crippen molar-refractivity contribution in [3.8, 4) is 11.4 Å². The highest BCUT2D eigenvalue weighted by molar-refractivity contribution is 5.56. The van der Waals surface area contributed by atoms with Crippen molar-refractivity contribution >= 4 is 0 Å². The summed E-state index contributed by atoms with van der Waals surface area (Å²) in [4.78, 5) is 0. The number of benzene rings is 1. The summed E-state index contributed by atoms with van der Waals surface area (Å²) < 4.78 is 39.3. The molecule has 1 aromatic heterocycles. The van der Waals surface area contributed by atoms with Crippen LogP contribution in [0.4, 0.5) is 13.2 Å². The van der Waals surface area contributed by atoms with E-state index in [-0.39, 0.29) is 6.04 Å². The van der Waals surface area contributed by atoms with E-state index >= 15 is 0 Å². The standard InChI is InChI=1S/C11H11F3N4/c1-7(2)18-10(15-16-17-18)8-4-3-5-9(6-8)11(12,13)14/h3-7H,1-2H3. The molecule has 0 aliphatic heterocycles. The molecule has 0 aliphatic carbocycles. The molecule has 96 valence electrons. The molecule has 0 atom stereocenters. The number of nitrogens with zero attached hydrogens (tertiary/aromatic N) is 4. The van der Waals surface area contributed by atoms with Crippen LogP contribution in [0.25, 0.3) is 11.4 Å². The van der Waals surface area contributed by atoms with Crippen LogP contribution < -0.4 is 0 Å². The summed E-state index contributed by atoms with van der Waals surface area (Å²) in [5.41, 5.74) is -0.359. The molecule has 4 nitrogen and oxygen atoms in total. The highest BCUT2D eigenvalue weighted by Gasteiger charge is 2.30. The zero-order valence-electron chi connectivity index (χ0n) is 9.81. The average molecular weight is 256 g/mol. The molecule has 2 aromatic rings. The first kappa shape index (κ1) is 12.5. The second-order valence-corrected chi connectivity index (χ2v) is 4.12. The molecule has 0 fully saturated rings. The van der Waals surface area contributed by atoms with Gasteiger partial charge in [-0.1, -0.05) is 12.1 Å². The summed E-state index contributed by atoms with van der Waals surface area (Å²) >= 11 is 0. The molecule has 0 amide bonds. The molecule has 0 spiro atoms. The zero-order valence-corrected chi connectivity index (χ0v) is 9.81. The van der Waals surface area contributed by atoms with Crippen LogP contribution in [0.15, 0.2) is 24.3 Å². The van der Waals surface area contributed by atoms with Crippen LogP contribution in [0, 0.1) is 0 Å². The first-order valence-corrected chi connectivity index (χ1v) is 5.35. The molecule has 18 heavy (non-hydrogen) atoms. The van der Waals surface area contributed by atoms with Crippen LogP contribution in [-0.2, 0) is 6.18 Å². The van der Waals surface area contributed by atoms with E-state index in [0.717, 1.165) is 12.1 Å². The minimum Gasteiger partial charge on any atom is -0.223 e. The van der Waals surface area contributed by atoms with E-state index in [0.29, 0.717) is 11.4 Å². The summed E-state index contributed by atoms with van der Waals surface area (Å²) in [7, 11) is 0. The van der Waals surface area contributed by atoms with E-state index in [1.54, 1.807) is 6.07 Å². The monoisotopic (exact) mass is 256 g/mol. The van der Waals surface area contributed by atoms with E-state index in [2.05, 4.69) is 15.5 Å². The molecule has 0 saturated carbocycles. The summed E-state index contributed by atoms with van der Waals surface area (Å²) in [5, 5.41) is 11.0. The van der Waals surface area contributed by atoms with Crippen molar-refractivity contribution in [3.05, 3.63) is 29.8 Å². The Labute approximate surface area is 101 Å². The lowest BCUT2D eigenvalue weighted by Crippen LogP contribution is -2.07. The van der Waals surface area contributed by atoms with E-state index in [9.17, 15) is 13.2 Å². The van der Waals surface area contributed by atoms with Crippen molar-refractivity contribution in [1.29, 1.82) is 0 Å². The van der Waals surface area contributed by atoms with Crippen LogP contribution in [0.3, 0.4) is 0 Å². The second kappa shape index (κ2) is 4.40. The summed E-state index contributed by atoms with van der Waals surface area (Å²) in [5.74, 6) is 0.330. The quantitative estimate of drug-likeness (QED) is 0.829. The zero-order chi connectivity index (χ0) is 13.3. The van der Waals surface area contributed by atoms with Gasteiger partial charge in [-0.25, -0.2) is 4.68 Å². The van der Waals surface area contributed by atoms with Crippen molar-refractivity contribution in [3.63, 3.8) is 0 Å². The van der Waals surface area contributed by atoms with Gasteiger partial charge >= 0.3 is 6.18 Å². The number of rotatable bonds is 2. The molecule has 0 unspecified atom stereocenters. The normalized spacial score (nSPS) is 12.1. The minimum atomic E-state index is -4.37. The number of alkyl halides is 3. The molecule has 1 aromatic carbocycles. The Morgan fingerprint density at radius 3 is 2.56 bits per heavy atom. The third-order valence-electron chi connectivity index (χ3n) is 2.43. The first-order valence-electron chi connectivity index (χ1n) is 5.35. The van der Waals surface area contributed by atoms with Gasteiger partial charge < -0.3 is 0 Å². The lowest BCUT2D eigenvalue weighted by Gasteiger charge is -2.10. The Morgan fingerprint density at radius 2 is 1.94 bits per heavy atom. The van der Waals surface area contributed by atoms with Gasteiger partial charge in [0.2, 0.25) is 0 Å². The van der Waals surface area contributed by atoms with Crippen LogP contribution in [-0.4, -0.2) is 20.2 Å². The third kappa shape index (κ3) is 2.34. The lowest BCUT2D eigenvalue weighted by atomic mass is 10.1. The molecular formula is C11H11F3N4. The largest absolute Gasteiger partial charge is 0.416 e. The second-order valence-electron chi connectivity index (χ2n) is 4.12. The van der Waals surface area contributed by atoms with Crippen LogP contribution >= 0.6 is 0 Å². The maximum absolute atomic E-state index is 12.6. The number of halogens is 3. The van der Waals surface area contributed by atoms with E-state index < -0.39 is 11.7 Å². The molecule has 0 aliphatic rings. The first-order chi connectivity index (χ1) is 8.39. The molecule has 0 saturated heterocycles. The van der Waals surface area contributed by atoms with Gasteiger partial charge in [0.1, 0.15) is 0 Å². The number of hydrogen-bond acceptors (Lipinski definition) is 3. The Morgan fingerprint density at radius 1 is 1.22 bits per heavy atom. The fourth-order valence-electron chi connectivity index (χ4n) is 1.57.